The van der Waals surface area contributed by atoms with E-state index in [1.54, 1.807) is 42.5 Å². The number of benzene rings is 2. The van der Waals surface area contributed by atoms with Crippen molar-refractivity contribution in [1.29, 1.82) is 0 Å². The number of amides is 12. The molecule has 3 aliphatic rings. The Hall–Kier alpha value is -10.2. The van der Waals surface area contributed by atoms with Crippen molar-refractivity contribution in [2.45, 2.75) is 164 Å². The number of azide groups is 1. The third kappa shape index (κ3) is 35.2. The summed E-state index contributed by atoms with van der Waals surface area (Å²) < 4.78 is 22.3. The minimum Gasteiger partial charge on any atom is -0.481 e. The van der Waals surface area contributed by atoms with E-state index in [-0.39, 0.29) is 199 Å². The first-order valence-electron chi connectivity index (χ1n) is 36.3. The lowest BCUT2D eigenvalue weighted by atomic mass is 10.0. The molecular weight excluding hydrogens is 1440 g/mol. The van der Waals surface area contributed by atoms with Gasteiger partial charge in [0.15, 0.2) is 5.96 Å². The van der Waals surface area contributed by atoms with E-state index in [1.165, 1.54) is 18.7 Å². The minimum atomic E-state index is -1.69. The molecule has 0 spiro atoms. The van der Waals surface area contributed by atoms with Crippen LogP contribution in [0.15, 0.2) is 64.7 Å². The largest absolute Gasteiger partial charge is 0.481 e. The van der Waals surface area contributed by atoms with Gasteiger partial charge in [0, 0.05) is 81.8 Å². The third-order valence-corrected chi connectivity index (χ3v) is 18.3. The number of rotatable bonds is 52. The summed E-state index contributed by atoms with van der Waals surface area (Å²) in [6.07, 6.45) is 2.52. The number of thioether (sulfide) groups is 1. The van der Waals surface area contributed by atoms with E-state index in [4.69, 9.17) is 35.9 Å². The number of anilines is 1. The molecule has 14 N–H and O–H groups in total. The van der Waals surface area contributed by atoms with Crippen LogP contribution in [0.3, 0.4) is 0 Å². The Balaban J connectivity index is 0.954. The first kappa shape index (κ1) is 89.4. The number of ether oxygens (including phenoxy) is 4. The quantitative estimate of drug-likeness (QED) is 0.00562. The summed E-state index contributed by atoms with van der Waals surface area (Å²) in [5, 5.41) is 35.3. The zero-order chi connectivity index (χ0) is 79.3. The van der Waals surface area contributed by atoms with Crippen molar-refractivity contribution in [2.75, 3.05) is 110 Å². The number of Topliss-reactive ketones (excluding diaryl/α,β-unsaturated/α-hetero) is 2. The second-order valence-electron chi connectivity index (χ2n) is 25.7. The van der Waals surface area contributed by atoms with Crippen molar-refractivity contribution in [3.8, 4) is 0 Å². The molecule has 38 nitrogen and oxygen atoms in total. The maximum absolute atomic E-state index is 14.4. The number of guanidine groups is 1. The van der Waals surface area contributed by atoms with Crippen LogP contribution in [0.1, 0.15) is 127 Å². The van der Waals surface area contributed by atoms with Gasteiger partial charge in [0.2, 0.25) is 59.1 Å². The Labute approximate surface area is 634 Å². The first-order chi connectivity index (χ1) is 52.4. The van der Waals surface area contributed by atoms with Gasteiger partial charge in [0.05, 0.1) is 77.5 Å². The second-order valence-corrected chi connectivity index (χ2v) is 27.0. The van der Waals surface area contributed by atoms with E-state index in [9.17, 15) is 77.0 Å². The zero-order valence-electron chi connectivity index (χ0n) is 61.3. The molecule has 598 valence electrons. The first-order valence-corrected chi connectivity index (χ1v) is 37.4. The molecule has 3 aliphatic heterocycles. The van der Waals surface area contributed by atoms with Gasteiger partial charge in [-0.25, -0.2) is 10.0 Å². The number of aliphatic imine (C=N–C) groups is 1. The summed E-state index contributed by atoms with van der Waals surface area (Å²) in [4.78, 5) is 202. The topological polar surface area (TPSA) is 544 Å². The number of aryl methyl sites for hydroxylation is 1. The number of imide groups is 1. The fourth-order valence-corrected chi connectivity index (χ4v) is 12.6. The van der Waals surface area contributed by atoms with Gasteiger partial charge in [-0.2, -0.15) is 0 Å². The van der Waals surface area contributed by atoms with E-state index < -0.39 is 113 Å². The van der Waals surface area contributed by atoms with Crippen molar-refractivity contribution >= 4 is 112 Å². The highest BCUT2D eigenvalue weighted by molar-refractivity contribution is 8.00. The highest BCUT2D eigenvalue weighted by Crippen LogP contribution is 2.27. The maximum Gasteiger partial charge on any atom is 0.305 e. The summed E-state index contributed by atoms with van der Waals surface area (Å²) >= 11 is 1.31. The van der Waals surface area contributed by atoms with Crippen molar-refractivity contribution in [3.63, 3.8) is 0 Å². The number of nitrogens with two attached hydrogens (primary N) is 2. The van der Waals surface area contributed by atoms with Crippen LogP contribution in [0, 0.1) is 0 Å². The molecule has 6 atom stereocenters. The SMILES string of the molecule is CC(=O)CC(=O)CCc1ccc(NC(=O)CCCCSC2CC(=O)N(CCC(=O)N[C@@H](CCCCNC(=O)CN=[N+]=[N-])C(=O)NCCOCCOCCOCCOCCC(=O)NCCCC[C@H]3C(=O)N[C@@H](CCCN=C(N)N)C(=O)NCC(=O)N[C@@H](CC(=O)O)C(=O)N4NN3C(=O)[C@H]4Cc3ccccc3)C2=O)cc1. The third-order valence-electron chi connectivity index (χ3n) is 17.0. The number of nitrogens with one attached hydrogen (secondary N) is 9. The smallest absolute Gasteiger partial charge is 0.305 e. The van der Waals surface area contributed by atoms with Crippen molar-refractivity contribution < 1.29 is 96.0 Å². The fraction of sp³-hybridized carbons (Fsp3) is 0.600. The number of nitrogens with zero attached hydrogens (tertiary/aromatic N) is 7. The van der Waals surface area contributed by atoms with Crippen LogP contribution in [-0.4, -0.2) is 254 Å². The number of carboxylic acid groups (broad SMARTS) is 1. The van der Waals surface area contributed by atoms with E-state index in [0.717, 1.165) is 20.5 Å². The summed E-state index contributed by atoms with van der Waals surface area (Å²) in [6.45, 7) is 2.06. The standard InChI is InChI=1S/C70H102N18O20S/c1-46(89)40-50(90)23-20-47-18-21-49(22-19-47)80-58(92)17-7-10-39-109-56-43-62(96)86(69(56)104)30-24-59(93)81-51(14-5-8-27-75-60(94)45-79-84-73)64(99)76-29-32-106-34-36-108-38-37-107-35-33-105-31-25-57(91)74-26-9-6-16-54-66(101)83-52(15-11-28-77-70(71)72)65(100)78-44-61(95)82-53(42-63(97)98)67(102)88-55(68(103)87(54)85-88)41-48-12-3-2-4-13-48/h2-4,12-13,18-19,21-22,51-56,85H,5-11,14-17,20,23-45H2,1H3,(H,74,91)(H,75,94)(H,76,99)(H,78,100)(H,80,92)(H,81,93)(H,82,95)(H,83,101)(H,97,98)(H4,71,72,77)/t51-,52-,53-,54-,55+,56?/m0/s1. The Morgan fingerprint density at radius 2 is 1.33 bits per heavy atom. The average molecular weight is 1550 g/mol. The molecule has 0 radical (unpaired) electrons. The number of aliphatic carboxylic acids is 1. The molecule has 2 aromatic carbocycles. The Bertz CT molecular complexity index is 3480. The van der Waals surface area contributed by atoms with Crippen LogP contribution in [-0.2, 0) is 104 Å². The van der Waals surface area contributed by atoms with Crippen LogP contribution >= 0.6 is 11.8 Å². The highest BCUT2D eigenvalue weighted by Gasteiger charge is 2.48. The van der Waals surface area contributed by atoms with Crippen LogP contribution in [0.4, 0.5) is 5.69 Å². The number of carbonyl (C=O) groups is 15. The molecule has 2 aromatic rings. The molecule has 5 rings (SSSR count). The predicted molar refractivity (Wildman–Crippen MR) is 394 cm³/mol. The monoisotopic (exact) mass is 1550 g/mol. The minimum absolute atomic E-state index is 0.00337. The van der Waals surface area contributed by atoms with Gasteiger partial charge in [0.1, 0.15) is 48.3 Å². The number of hydrazine groups is 2. The van der Waals surface area contributed by atoms with E-state index >= 15 is 0 Å². The van der Waals surface area contributed by atoms with Crippen molar-refractivity contribution in [2.24, 2.45) is 21.6 Å². The Morgan fingerprint density at radius 3 is 2.01 bits per heavy atom. The molecule has 0 saturated carbocycles. The predicted octanol–water partition coefficient (Wildman–Crippen LogP) is -0.834. The maximum atomic E-state index is 14.4. The lowest BCUT2D eigenvalue weighted by molar-refractivity contribution is -0.148. The number of hydrogen-bond acceptors (Lipinski definition) is 23. The van der Waals surface area contributed by atoms with Gasteiger partial charge >= 0.3 is 5.97 Å². The Kier molecular flexibility index (Phi) is 41.4. The van der Waals surface area contributed by atoms with Gasteiger partial charge < -0.3 is 78.1 Å². The number of carbonyl (C=O) groups excluding carboxylic acids is 14. The van der Waals surface area contributed by atoms with Gasteiger partial charge in [0.25, 0.3) is 11.8 Å². The molecule has 12 amide bonds. The summed E-state index contributed by atoms with van der Waals surface area (Å²) in [5.41, 5.74) is 24.3. The number of hydrogen-bond donors (Lipinski definition) is 12. The Morgan fingerprint density at radius 1 is 0.661 bits per heavy atom. The molecule has 0 aliphatic carbocycles. The van der Waals surface area contributed by atoms with E-state index in [2.05, 4.69) is 63.1 Å². The van der Waals surface area contributed by atoms with E-state index in [0.29, 0.717) is 55.5 Å². The zero-order valence-corrected chi connectivity index (χ0v) is 62.1. The fourth-order valence-electron chi connectivity index (χ4n) is 11.4. The number of carboxylic acids is 1. The van der Waals surface area contributed by atoms with Gasteiger partial charge in [-0.05, 0) is 112 Å². The lowest BCUT2D eigenvalue weighted by Gasteiger charge is -2.30. The number of likely N-dealkylation sites (tertiary alicyclic amines) is 1. The molecule has 39 heteroatoms. The average Bonchev–Trinajstić information content (AvgIpc) is 1.63. The molecule has 3 fully saturated rings. The number of unbranched alkanes of at least 4 members (excludes halogenated alkanes) is 3. The molecule has 3 saturated heterocycles. The number of fused-ring (bicyclic) bond motifs is 2. The van der Waals surface area contributed by atoms with Gasteiger partial charge in [-0.1, -0.05) is 47.6 Å². The molecule has 109 heavy (non-hydrogen) atoms. The molecule has 0 aromatic heterocycles. The lowest BCUT2D eigenvalue weighted by Crippen LogP contribution is -2.60. The number of ketones is 2. The molecule has 2 bridgehead atoms. The van der Waals surface area contributed by atoms with Gasteiger partial charge in [-0.3, -0.25) is 81.8 Å². The van der Waals surface area contributed by atoms with Crippen LogP contribution in [0.2, 0.25) is 0 Å². The van der Waals surface area contributed by atoms with Crippen molar-refractivity contribution in [3.05, 3.63) is 76.2 Å². The summed E-state index contributed by atoms with van der Waals surface area (Å²) in [6, 6.07) is 9.14. The second kappa shape index (κ2) is 50.4. The summed E-state index contributed by atoms with van der Waals surface area (Å²) in [7, 11) is 0. The molecular formula is C70H102N18O20S. The van der Waals surface area contributed by atoms with Crippen LogP contribution in [0.5, 0.6) is 0 Å². The highest BCUT2D eigenvalue weighted by atomic mass is 32.2. The van der Waals surface area contributed by atoms with Crippen molar-refractivity contribution in [1.82, 2.24) is 57.7 Å². The summed E-state index contributed by atoms with van der Waals surface area (Å²) in [5.74, 6) is -8.54. The molecule has 1 unspecified atom stereocenters. The van der Waals surface area contributed by atoms with E-state index in [1.807, 2.05) is 12.1 Å². The van der Waals surface area contributed by atoms with Gasteiger partial charge in [-0.15, -0.1) is 17.3 Å². The van der Waals surface area contributed by atoms with Crippen LogP contribution < -0.4 is 59.5 Å². The normalized spacial score (nSPS) is 17.6. The molecule has 3 heterocycles. The van der Waals surface area contributed by atoms with Crippen LogP contribution in [0.25, 0.3) is 10.4 Å².